The molecule has 0 aliphatic carbocycles. The van der Waals surface area contributed by atoms with Crippen molar-refractivity contribution in [1.29, 1.82) is 0 Å². The van der Waals surface area contributed by atoms with Gasteiger partial charge >= 0.3 is 11.8 Å². The smallest absolute Gasteiger partial charge is 0.310 e. The Labute approximate surface area is 133 Å². The minimum atomic E-state index is -0.879. The molecule has 23 heavy (non-hydrogen) atoms. The van der Waals surface area contributed by atoms with Crippen LogP contribution in [0.4, 0.5) is 5.69 Å². The summed E-state index contributed by atoms with van der Waals surface area (Å²) in [6.45, 7) is 0.391. The number of ether oxygens (including phenoxy) is 1. The maximum atomic E-state index is 12.2. The van der Waals surface area contributed by atoms with Crippen molar-refractivity contribution >= 4 is 23.4 Å². The molecule has 1 aliphatic rings. The van der Waals surface area contributed by atoms with Gasteiger partial charge in [-0.25, -0.2) is 0 Å². The van der Waals surface area contributed by atoms with Gasteiger partial charge in [-0.1, -0.05) is 18.2 Å². The van der Waals surface area contributed by atoms with Crippen LogP contribution >= 0.6 is 0 Å². The van der Waals surface area contributed by atoms with Gasteiger partial charge < -0.3 is 25.4 Å². The first-order valence-electron chi connectivity index (χ1n) is 7.20. The predicted octanol–water partition coefficient (Wildman–Crippen LogP) is -1.05. The summed E-state index contributed by atoms with van der Waals surface area (Å²) in [6.07, 6.45) is 0. The number of anilines is 1. The number of rotatable bonds is 6. The molecule has 0 fully saturated rings. The van der Waals surface area contributed by atoms with Gasteiger partial charge in [0.2, 0.25) is 0 Å². The van der Waals surface area contributed by atoms with E-state index >= 15 is 0 Å². The van der Waals surface area contributed by atoms with Crippen molar-refractivity contribution in [2.75, 3.05) is 38.3 Å². The lowest BCUT2D eigenvalue weighted by atomic mass is 10.1. The van der Waals surface area contributed by atoms with Gasteiger partial charge in [0.05, 0.1) is 19.8 Å². The molecule has 3 amide bonds. The number of carbonyl (C=O) groups excluding carboxylic acids is 3. The molecule has 1 aromatic rings. The van der Waals surface area contributed by atoms with Gasteiger partial charge in [0, 0.05) is 24.8 Å². The van der Waals surface area contributed by atoms with Gasteiger partial charge in [-0.05, 0) is 6.07 Å². The molecule has 3 N–H and O–H groups in total. The molecule has 8 heteroatoms. The fourth-order valence-corrected chi connectivity index (χ4v) is 2.30. The first-order chi connectivity index (χ1) is 11.1. The minimum Gasteiger partial charge on any atom is -0.394 e. The fourth-order valence-electron chi connectivity index (χ4n) is 2.30. The lowest BCUT2D eigenvalue weighted by Crippen LogP contribution is -2.44. The van der Waals surface area contributed by atoms with Crippen molar-refractivity contribution < 1.29 is 24.2 Å². The highest BCUT2D eigenvalue weighted by Crippen LogP contribution is 2.34. The Morgan fingerprint density at radius 3 is 2.74 bits per heavy atom. The van der Waals surface area contributed by atoms with Crippen molar-refractivity contribution in [2.45, 2.75) is 6.04 Å². The summed E-state index contributed by atoms with van der Waals surface area (Å²) in [6, 6.07) is 6.22. The third kappa shape index (κ3) is 3.85. The number of carbonyl (C=O) groups is 3. The van der Waals surface area contributed by atoms with E-state index in [4.69, 9.17) is 9.84 Å². The van der Waals surface area contributed by atoms with Gasteiger partial charge in [0.15, 0.2) is 0 Å². The molecule has 2 rings (SSSR count). The van der Waals surface area contributed by atoms with E-state index in [0.29, 0.717) is 11.3 Å². The second-order valence-corrected chi connectivity index (χ2v) is 4.95. The number of likely N-dealkylation sites (N-methyl/N-ethyl adjacent to an activating group) is 1. The number of aliphatic hydroxyl groups is 1. The molecule has 0 bridgehead atoms. The van der Waals surface area contributed by atoms with Crippen LogP contribution < -0.4 is 15.5 Å². The zero-order chi connectivity index (χ0) is 16.8. The van der Waals surface area contributed by atoms with Crippen LogP contribution in [0.3, 0.4) is 0 Å². The zero-order valence-corrected chi connectivity index (χ0v) is 12.7. The highest BCUT2D eigenvalue weighted by atomic mass is 16.5. The Balaban J connectivity index is 1.90. The van der Waals surface area contributed by atoms with E-state index in [0.717, 1.165) is 0 Å². The maximum absolute atomic E-state index is 12.2. The molecule has 1 heterocycles. The number of hydrogen-bond acceptors (Lipinski definition) is 5. The molecule has 1 aromatic carbocycles. The van der Waals surface area contributed by atoms with Crippen LogP contribution in [-0.2, 0) is 19.1 Å². The standard InChI is InChI=1S/C15H19N3O5/c1-18-11-5-3-2-4-10(11)12(15(18)22)17-14(21)13(20)16-6-8-23-9-7-19/h2-5,12,19H,6-9H2,1H3,(H,16,20)(H,17,21). The van der Waals surface area contributed by atoms with E-state index in [1.54, 1.807) is 31.3 Å². The lowest BCUT2D eigenvalue weighted by molar-refractivity contribution is -0.140. The molecule has 0 aromatic heterocycles. The molecule has 124 valence electrons. The van der Waals surface area contributed by atoms with Crippen LogP contribution in [0, 0.1) is 0 Å². The van der Waals surface area contributed by atoms with E-state index in [2.05, 4.69) is 10.6 Å². The molecular formula is C15H19N3O5. The SMILES string of the molecule is CN1C(=O)C(NC(=O)C(=O)NCCOCCO)c2ccccc21. The number of amides is 3. The summed E-state index contributed by atoms with van der Waals surface area (Å²) in [5, 5.41) is 13.4. The van der Waals surface area contributed by atoms with E-state index in [9.17, 15) is 14.4 Å². The van der Waals surface area contributed by atoms with Gasteiger partial charge in [-0.2, -0.15) is 0 Å². The van der Waals surface area contributed by atoms with Crippen molar-refractivity contribution in [1.82, 2.24) is 10.6 Å². The Kier molecular flexibility index (Phi) is 5.67. The third-order valence-corrected chi connectivity index (χ3v) is 3.44. The number of benzene rings is 1. The number of nitrogens with one attached hydrogen (secondary N) is 2. The second kappa shape index (κ2) is 7.70. The molecule has 0 saturated heterocycles. The number of fused-ring (bicyclic) bond motifs is 1. The van der Waals surface area contributed by atoms with Crippen molar-refractivity contribution in [2.24, 2.45) is 0 Å². The summed E-state index contributed by atoms with van der Waals surface area (Å²) in [4.78, 5) is 37.3. The third-order valence-electron chi connectivity index (χ3n) is 3.44. The van der Waals surface area contributed by atoms with Crippen LogP contribution in [0.15, 0.2) is 24.3 Å². The summed E-state index contributed by atoms with van der Waals surface area (Å²) in [5.41, 5.74) is 1.37. The maximum Gasteiger partial charge on any atom is 0.310 e. The van der Waals surface area contributed by atoms with Crippen LogP contribution in [0.1, 0.15) is 11.6 Å². The van der Waals surface area contributed by atoms with Gasteiger partial charge in [-0.15, -0.1) is 0 Å². The van der Waals surface area contributed by atoms with Crippen molar-refractivity contribution in [3.05, 3.63) is 29.8 Å². The number of hydrogen-bond donors (Lipinski definition) is 3. The first kappa shape index (κ1) is 16.9. The topological polar surface area (TPSA) is 108 Å². The number of nitrogens with zero attached hydrogens (tertiary/aromatic N) is 1. The largest absolute Gasteiger partial charge is 0.394 e. The van der Waals surface area contributed by atoms with E-state index < -0.39 is 17.9 Å². The molecule has 0 radical (unpaired) electrons. The van der Waals surface area contributed by atoms with Crippen LogP contribution in [0.2, 0.25) is 0 Å². The average molecular weight is 321 g/mol. The molecule has 1 atom stereocenters. The van der Waals surface area contributed by atoms with Gasteiger partial charge in [-0.3, -0.25) is 14.4 Å². The summed E-state index contributed by atoms with van der Waals surface area (Å²) in [7, 11) is 1.62. The Morgan fingerprint density at radius 2 is 2.00 bits per heavy atom. The Morgan fingerprint density at radius 1 is 1.26 bits per heavy atom. The molecule has 8 nitrogen and oxygen atoms in total. The summed E-state index contributed by atoms with van der Waals surface area (Å²) in [5.74, 6) is -2.01. The number of aliphatic hydroxyl groups excluding tert-OH is 1. The zero-order valence-electron chi connectivity index (χ0n) is 12.7. The van der Waals surface area contributed by atoms with Gasteiger partial charge in [0.25, 0.3) is 5.91 Å². The molecule has 1 unspecified atom stereocenters. The monoisotopic (exact) mass is 321 g/mol. The highest BCUT2D eigenvalue weighted by Gasteiger charge is 2.36. The summed E-state index contributed by atoms with van der Waals surface area (Å²) >= 11 is 0. The second-order valence-electron chi connectivity index (χ2n) is 4.95. The van der Waals surface area contributed by atoms with Crippen LogP contribution in [0.25, 0.3) is 0 Å². The van der Waals surface area contributed by atoms with E-state index in [-0.39, 0.29) is 32.3 Å². The first-order valence-corrected chi connectivity index (χ1v) is 7.20. The van der Waals surface area contributed by atoms with Crippen molar-refractivity contribution in [3.8, 4) is 0 Å². The number of para-hydroxylation sites is 1. The highest BCUT2D eigenvalue weighted by molar-refractivity contribution is 6.35. The normalized spacial score (nSPS) is 16.2. The molecule has 0 spiro atoms. The molecule has 1 aliphatic heterocycles. The van der Waals surface area contributed by atoms with Crippen LogP contribution in [-0.4, -0.2) is 56.2 Å². The fraction of sp³-hybridized carbons (Fsp3) is 0.400. The molecular weight excluding hydrogens is 302 g/mol. The minimum absolute atomic E-state index is 0.106. The van der Waals surface area contributed by atoms with E-state index in [1.165, 1.54) is 4.90 Å². The van der Waals surface area contributed by atoms with Crippen molar-refractivity contribution in [3.63, 3.8) is 0 Å². The predicted molar refractivity (Wildman–Crippen MR) is 81.7 cm³/mol. The van der Waals surface area contributed by atoms with Gasteiger partial charge in [0.1, 0.15) is 6.04 Å². The Hall–Kier alpha value is -2.45. The quantitative estimate of drug-likeness (QED) is 0.457. The molecule has 0 saturated carbocycles. The van der Waals surface area contributed by atoms with E-state index in [1.807, 2.05) is 0 Å². The Bertz CT molecular complexity index is 605. The van der Waals surface area contributed by atoms with Crippen LogP contribution in [0.5, 0.6) is 0 Å². The summed E-state index contributed by atoms with van der Waals surface area (Å²) < 4.78 is 4.97. The average Bonchev–Trinajstić information content (AvgIpc) is 2.80. The lowest BCUT2D eigenvalue weighted by Gasteiger charge is -2.13.